The van der Waals surface area contributed by atoms with Crippen molar-refractivity contribution in [2.75, 3.05) is 0 Å². The van der Waals surface area contributed by atoms with Gasteiger partial charge in [0.25, 0.3) is 0 Å². The fourth-order valence-corrected chi connectivity index (χ4v) is 6.78. The smallest absolute Gasteiger partial charge is 0.462 e. The van der Waals surface area contributed by atoms with Gasteiger partial charge in [0.15, 0.2) is 0 Å². The normalized spacial score (nSPS) is 41.2. The fourth-order valence-electron chi connectivity index (χ4n) is 6.19. The van der Waals surface area contributed by atoms with E-state index in [1.54, 1.807) is 0 Å². The van der Waals surface area contributed by atoms with Gasteiger partial charge in [-0.2, -0.15) is 21.6 Å². The van der Waals surface area contributed by atoms with Crippen LogP contribution < -0.4 is 0 Å². The largest absolute Gasteiger partial charge is 0.534 e. The summed E-state index contributed by atoms with van der Waals surface area (Å²) in [7, 11) is -5.67. The number of carbonyl (C=O) groups is 1. The minimum atomic E-state index is -5.67. The average molecular weight is 439 g/mol. The van der Waals surface area contributed by atoms with Gasteiger partial charge in [-0.25, -0.2) is 0 Å². The van der Waals surface area contributed by atoms with Crippen molar-refractivity contribution in [3.63, 3.8) is 0 Å². The molecule has 29 heavy (non-hydrogen) atoms. The molecule has 166 valence electrons. The predicted molar refractivity (Wildman–Crippen MR) is 99.8 cm³/mol. The molecule has 0 aromatic heterocycles. The third-order valence-electron chi connectivity index (χ3n) is 7.57. The van der Waals surface area contributed by atoms with Crippen molar-refractivity contribution in [2.45, 2.75) is 77.8 Å². The minimum absolute atomic E-state index is 0.0168. The quantitative estimate of drug-likeness (QED) is 0.347. The molecule has 0 amide bonds. The van der Waals surface area contributed by atoms with E-state index in [-0.39, 0.29) is 41.0 Å². The van der Waals surface area contributed by atoms with Crippen LogP contribution >= 0.6 is 0 Å². The molecular weight excluding hydrogens is 409 g/mol. The van der Waals surface area contributed by atoms with Gasteiger partial charge in [-0.15, -0.1) is 0 Å². The van der Waals surface area contributed by atoms with Gasteiger partial charge >= 0.3 is 21.6 Å². The molecule has 0 aromatic carbocycles. The number of carbonyl (C=O) groups excluding carboxylic acids is 1. The summed E-state index contributed by atoms with van der Waals surface area (Å²) in [6.45, 7) is 7.89. The van der Waals surface area contributed by atoms with Gasteiger partial charge in [-0.05, 0) is 55.9 Å². The summed E-state index contributed by atoms with van der Waals surface area (Å²) in [5.74, 6) is 0.219. The van der Waals surface area contributed by atoms with Crippen molar-refractivity contribution in [2.24, 2.45) is 28.6 Å². The Labute approximate surface area is 170 Å². The summed E-state index contributed by atoms with van der Waals surface area (Å²) < 4.78 is 71.3. The maximum Gasteiger partial charge on any atom is 0.534 e. The van der Waals surface area contributed by atoms with Crippen LogP contribution in [0.25, 0.3) is 0 Å². The highest BCUT2D eigenvalue weighted by Gasteiger charge is 2.62. The topological polar surface area (TPSA) is 69.7 Å². The molecule has 1 aliphatic heterocycles. The molecule has 4 rings (SSSR count). The van der Waals surface area contributed by atoms with Crippen LogP contribution in [0.4, 0.5) is 13.2 Å². The first-order valence-electron chi connectivity index (χ1n) is 10.3. The van der Waals surface area contributed by atoms with E-state index in [0.29, 0.717) is 25.7 Å². The molecule has 9 heteroatoms. The van der Waals surface area contributed by atoms with Crippen molar-refractivity contribution in [1.29, 1.82) is 0 Å². The molecule has 3 aliphatic carbocycles. The van der Waals surface area contributed by atoms with E-state index in [2.05, 4.69) is 11.1 Å². The third kappa shape index (κ3) is 3.37. The van der Waals surface area contributed by atoms with E-state index < -0.39 is 21.0 Å². The highest BCUT2D eigenvalue weighted by molar-refractivity contribution is 7.87. The second-order valence-electron chi connectivity index (χ2n) is 8.86. The number of allylic oxidation sites excluding steroid dienone is 2. The molecule has 0 N–H and O–H groups in total. The van der Waals surface area contributed by atoms with Gasteiger partial charge in [-0.3, -0.25) is 4.79 Å². The Balaban J connectivity index is 0.00000117. The maximum absolute atomic E-state index is 12.8. The molecule has 4 aliphatic rings. The molecule has 2 saturated carbocycles. The van der Waals surface area contributed by atoms with Crippen LogP contribution in [0.2, 0.25) is 0 Å². The zero-order valence-electron chi connectivity index (χ0n) is 17.2. The molecule has 6 unspecified atom stereocenters. The molecule has 0 spiro atoms. The highest BCUT2D eigenvalue weighted by atomic mass is 32.2. The molecule has 0 bridgehead atoms. The van der Waals surface area contributed by atoms with Gasteiger partial charge in [0.2, 0.25) is 0 Å². The number of alkyl halides is 3. The summed E-state index contributed by atoms with van der Waals surface area (Å²) in [4.78, 5) is 11.9. The van der Waals surface area contributed by atoms with Crippen molar-refractivity contribution in [3.8, 4) is 0 Å². The lowest BCUT2D eigenvalue weighted by molar-refractivity contribution is -0.145. The number of fused-ring (bicyclic) bond motifs is 5. The minimum Gasteiger partial charge on any atom is -0.462 e. The standard InChI is InChI=1S/C18H23F3O5S.C2H6/c1-16-8-7-12-10(3-5-13-17(12,2)9-15(22)25-13)11(16)4-6-14(16)26-27(23,24)18(19,20)21;1-2/h6,10-13H,3-5,7-9H2,1-2H3;1-2H3. The van der Waals surface area contributed by atoms with E-state index >= 15 is 0 Å². The van der Waals surface area contributed by atoms with Crippen molar-refractivity contribution in [3.05, 3.63) is 11.8 Å². The summed E-state index contributed by atoms with van der Waals surface area (Å²) in [5, 5.41) is 0. The molecule has 1 saturated heterocycles. The number of hydrogen-bond acceptors (Lipinski definition) is 5. The van der Waals surface area contributed by atoms with Crippen LogP contribution in [0.3, 0.4) is 0 Å². The molecule has 3 fully saturated rings. The SMILES string of the molecule is CC.CC12CCC3C(CCC4OC(=O)CC43C)C1CC=C2OS(=O)(=O)C(F)(F)F. The van der Waals surface area contributed by atoms with Crippen LogP contribution in [0, 0.1) is 28.6 Å². The number of ether oxygens (including phenoxy) is 1. The Kier molecular flexibility index (Phi) is 5.54. The summed E-state index contributed by atoms with van der Waals surface area (Å²) >= 11 is 0. The number of hydrogen-bond donors (Lipinski definition) is 0. The van der Waals surface area contributed by atoms with E-state index in [1.807, 2.05) is 20.8 Å². The molecule has 0 aromatic rings. The second-order valence-corrected chi connectivity index (χ2v) is 10.4. The van der Waals surface area contributed by atoms with Crippen LogP contribution in [-0.4, -0.2) is 26.0 Å². The lowest BCUT2D eigenvalue weighted by atomic mass is 9.49. The zero-order valence-corrected chi connectivity index (χ0v) is 18.0. The van der Waals surface area contributed by atoms with Crippen LogP contribution in [0.5, 0.6) is 0 Å². The Morgan fingerprint density at radius 3 is 2.41 bits per heavy atom. The fraction of sp³-hybridized carbons (Fsp3) is 0.850. The first-order valence-corrected chi connectivity index (χ1v) is 11.7. The highest BCUT2D eigenvalue weighted by Crippen LogP contribution is 2.65. The first-order chi connectivity index (χ1) is 13.4. The Morgan fingerprint density at radius 1 is 1.14 bits per heavy atom. The van der Waals surface area contributed by atoms with E-state index in [9.17, 15) is 26.4 Å². The van der Waals surface area contributed by atoms with Crippen molar-refractivity contribution < 1.29 is 35.3 Å². The van der Waals surface area contributed by atoms with Gasteiger partial charge < -0.3 is 8.92 Å². The van der Waals surface area contributed by atoms with Crippen LogP contribution in [0.1, 0.15) is 66.2 Å². The first kappa shape index (κ1) is 22.4. The lowest BCUT2D eigenvalue weighted by Gasteiger charge is -2.55. The van der Waals surface area contributed by atoms with Crippen molar-refractivity contribution in [1.82, 2.24) is 0 Å². The Bertz CT molecular complexity index is 805. The number of rotatable bonds is 2. The predicted octanol–water partition coefficient (Wildman–Crippen LogP) is 4.93. The lowest BCUT2D eigenvalue weighted by Crippen LogP contribution is -2.52. The van der Waals surface area contributed by atoms with Gasteiger partial charge in [0.05, 0.1) is 6.42 Å². The van der Waals surface area contributed by atoms with Crippen LogP contribution in [-0.2, 0) is 23.8 Å². The van der Waals surface area contributed by atoms with E-state index in [1.165, 1.54) is 6.08 Å². The Morgan fingerprint density at radius 2 is 1.79 bits per heavy atom. The second kappa shape index (κ2) is 7.17. The zero-order chi connectivity index (χ0) is 21.8. The Hall–Kier alpha value is -1.25. The molecular formula is C20H29F3O5S. The third-order valence-corrected chi connectivity index (χ3v) is 8.54. The van der Waals surface area contributed by atoms with Gasteiger partial charge in [0.1, 0.15) is 11.9 Å². The van der Waals surface area contributed by atoms with E-state index in [0.717, 1.165) is 12.8 Å². The number of esters is 1. The van der Waals surface area contributed by atoms with Crippen LogP contribution in [0.15, 0.2) is 11.8 Å². The molecule has 1 heterocycles. The molecule has 0 radical (unpaired) electrons. The van der Waals surface area contributed by atoms with Gasteiger partial charge in [0, 0.05) is 10.8 Å². The summed E-state index contributed by atoms with van der Waals surface area (Å²) in [6.07, 6.45) is 5.12. The molecule has 6 atom stereocenters. The maximum atomic E-state index is 12.8. The summed E-state index contributed by atoms with van der Waals surface area (Å²) in [5.41, 5.74) is -6.41. The van der Waals surface area contributed by atoms with E-state index in [4.69, 9.17) is 4.74 Å². The average Bonchev–Trinajstić information content (AvgIpc) is 3.11. The number of halogens is 3. The summed E-state index contributed by atoms with van der Waals surface area (Å²) in [6, 6.07) is 0. The van der Waals surface area contributed by atoms with Gasteiger partial charge in [-0.1, -0.05) is 27.7 Å². The molecule has 5 nitrogen and oxygen atoms in total. The monoisotopic (exact) mass is 438 g/mol. The van der Waals surface area contributed by atoms with Crippen molar-refractivity contribution >= 4 is 16.1 Å².